The van der Waals surface area contributed by atoms with Crippen LogP contribution in [0.3, 0.4) is 0 Å². The Kier molecular flexibility index (Phi) is 2.24. The van der Waals surface area contributed by atoms with Crippen LogP contribution in [0.25, 0.3) is 0 Å². The third-order valence-corrected chi connectivity index (χ3v) is 1.000. The maximum Gasteiger partial charge on any atom is 0.320 e. The Morgan fingerprint density at radius 3 is 2.80 bits per heavy atom. The van der Waals surface area contributed by atoms with Gasteiger partial charge in [0.05, 0.1) is 0 Å². The maximum atomic E-state index is 10.3. The summed E-state index contributed by atoms with van der Waals surface area (Å²) < 4.78 is 28.4. The lowest BCUT2D eigenvalue weighted by Gasteiger charge is -2.03. The number of carboxylic acid groups (broad SMARTS) is 1. The van der Waals surface area contributed by atoms with E-state index in [-0.39, 0.29) is 12.8 Å². The van der Waals surface area contributed by atoms with Crippen molar-refractivity contribution in [1.82, 2.24) is 0 Å². The molecule has 0 aliphatic carbocycles. The molecule has 60 valence electrons. The van der Waals surface area contributed by atoms with Gasteiger partial charge in [0, 0.05) is 5.48 Å². The van der Waals surface area contributed by atoms with Crippen LogP contribution in [0.1, 0.15) is 24.7 Å². The Morgan fingerprint density at radius 2 is 2.40 bits per heavy atom. The van der Waals surface area contributed by atoms with Crippen molar-refractivity contribution >= 4 is 5.97 Å². The summed E-state index contributed by atoms with van der Waals surface area (Å²) in [5, 5.41) is 8.41. The molecule has 0 aliphatic rings. The van der Waals surface area contributed by atoms with E-state index in [9.17, 15) is 4.79 Å². The van der Waals surface area contributed by atoms with E-state index < -0.39 is 24.9 Å². The van der Waals surface area contributed by atoms with Gasteiger partial charge in [-0.25, -0.2) is 0 Å². The number of nitrogens with two attached hydrogens (primary N) is 2. The van der Waals surface area contributed by atoms with Gasteiger partial charge >= 0.3 is 5.97 Å². The number of hydrogen-bond donors (Lipinski definition) is 3. The van der Waals surface area contributed by atoms with Gasteiger partial charge in [0.25, 0.3) is 0 Å². The lowest BCUT2D eigenvalue weighted by molar-refractivity contribution is -0.138. The monoisotopic (exact) mass is 150 g/mol. The summed E-state index contributed by atoms with van der Waals surface area (Å²) >= 11 is 0. The molecule has 0 spiro atoms. The first kappa shape index (κ1) is 4.31. The predicted molar refractivity (Wildman–Crippen MR) is 38.5 cm³/mol. The van der Waals surface area contributed by atoms with E-state index in [1.54, 1.807) is 0 Å². The first-order valence-corrected chi connectivity index (χ1v) is 2.85. The molecule has 0 fully saturated rings. The molecule has 0 bridgehead atoms. The second kappa shape index (κ2) is 5.20. The molecule has 0 saturated heterocycles. The molecule has 0 unspecified atom stereocenters. The van der Waals surface area contributed by atoms with Crippen molar-refractivity contribution in [2.75, 3.05) is 6.50 Å². The fraction of sp³-hybridized carbons (Fsp3) is 0.833. The lowest BCUT2D eigenvalue weighted by Crippen LogP contribution is -2.29. The molecule has 0 aliphatic heterocycles. The normalized spacial score (nSPS) is 21.8. The van der Waals surface area contributed by atoms with Gasteiger partial charge in [0.2, 0.25) is 0 Å². The zero-order chi connectivity index (χ0) is 11.6. The smallest absolute Gasteiger partial charge is 0.320 e. The molecule has 0 aromatic carbocycles. The number of carboxylic acids is 1. The van der Waals surface area contributed by atoms with Crippen LogP contribution in [-0.4, -0.2) is 23.6 Å². The first-order chi connectivity index (χ1) is 6.08. The number of aliphatic carboxylic acids is 1. The fourth-order valence-electron chi connectivity index (χ4n) is 0.423. The summed E-state index contributed by atoms with van der Waals surface area (Å²) in [6.07, 6.45) is -2.76. The van der Waals surface area contributed by atoms with Gasteiger partial charge in [-0.1, -0.05) is 6.42 Å². The minimum atomic E-state index is -2.49. The molecule has 0 amide bonds. The molecule has 1 atom stereocenters. The van der Waals surface area contributed by atoms with Gasteiger partial charge in [-0.15, -0.1) is 0 Å². The molecule has 4 nitrogen and oxygen atoms in total. The van der Waals surface area contributed by atoms with Crippen LogP contribution in [0.15, 0.2) is 0 Å². The van der Waals surface area contributed by atoms with E-state index >= 15 is 0 Å². The number of hydrogen-bond acceptors (Lipinski definition) is 3. The summed E-state index contributed by atoms with van der Waals surface area (Å²) in [5.74, 6) is -1.24. The standard InChI is InChI=1S/C6H14N2O2/c7-4-2-1-3-5(8)6(9)10/h5H,1-4,7-8H2,(H,9,10)/t5-/m0/s1/i2D2,4D2. The van der Waals surface area contributed by atoms with Crippen molar-refractivity contribution in [3.05, 3.63) is 0 Å². The molecule has 0 radical (unpaired) electrons. The molecule has 0 aromatic heterocycles. The third kappa shape index (κ3) is 4.29. The van der Waals surface area contributed by atoms with Crippen molar-refractivity contribution in [3.8, 4) is 0 Å². The fourth-order valence-corrected chi connectivity index (χ4v) is 0.423. The number of carbonyl (C=O) groups is 1. The van der Waals surface area contributed by atoms with Crippen molar-refractivity contribution < 1.29 is 15.4 Å². The predicted octanol–water partition coefficient (Wildman–Crippen LogP) is -0.473. The molecular formula is C6H14N2O2. The topological polar surface area (TPSA) is 89.3 Å². The van der Waals surface area contributed by atoms with Gasteiger partial charge in [-0.05, 0) is 19.3 Å². The van der Waals surface area contributed by atoms with E-state index in [2.05, 4.69) is 0 Å². The quantitative estimate of drug-likeness (QED) is 0.494. The zero-order valence-corrected chi connectivity index (χ0v) is 5.50. The average Bonchev–Trinajstić information content (AvgIpc) is 1.97. The highest BCUT2D eigenvalue weighted by molar-refractivity contribution is 5.72. The molecule has 0 heterocycles. The van der Waals surface area contributed by atoms with E-state index in [0.717, 1.165) is 0 Å². The van der Waals surface area contributed by atoms with Crippen molar-refractivity contribution in [2.24, 2.45) is 11.5 Å². The zero-order valence-electron chi connectivity index (χ0n) is 9.50. The van der Waals surface area contributed by atoms with Crippen LogP contribution in [-0.2, 0) is 4.79 Å². The Morgan fingerprint density at radius 1 is 1.80 bits per heavy atom. The Labute approximate surface area is 65.8 Å². The summed E-state index contributed by atoms with van der Waals surface area (Å²) in [7, 11) is 0. The summed E-state index contributed by atoms with van der Waals surface area (Å²) in [4.78, 5) is 10.3. The first-order valence-electron chi connectivity index (χ1n) is 4.85. The number of rotatable bonds is 5. The van der Waals surface area contributed by atoms with E-state index in [1.165, 1.54) is 0 Å². The summed E-state index contributed by atoms with van der Waals surface area (Å²) in [5.41, 5.74) is 10.1. The average molecular weight is 150 g/mol. The van der Waals surface area contributed by atoms with Crippen LogP contribution in [0.4, 0.5) is 0 Å². The highest BCUT2D eigenvalue weighted by Gasteiger charge is 2.09. The van der Waals surface area contributed by atoms with Gasteiger partial charge in [-0.2, -0.15) is 0 Å². The second-order valence-corrected chi connectivity index (χ2v) is 1.80. The van der Waals surface area contributed by atoms with Gasteiger partial charge < -0.3 is 16.6 Å². The Bertz CT molecular complexity index is 216. The minimum Gasteiger partial charge on any atom is -0.480 e. The lowest BCUT2D eigenvalue weighted by atomic mass is 10.1. The van der Waals surface area contributed by atoms with Crippen LogP contribution in [0, 0.1) is 0 Å². The van der Waals surface area contributed by atoms with Crippen LogP contribution in [0.5, 0.6) is 0 Å². The highest BCUT2D eigenvalue weighted by atomic mass is 16.4. The molecule has 4 heteroatoms. The van der Waals surface area contributed by atoms with Crippen molar-refractivity contribution in [3.63, 3.8) is 0 Å². The van der Waals surface area contributed by atoms with E-state index in [1.807, 2.05) is 0 Å². The minimum absolute atomic E-state index is 0.154. The van der Waals surface area contributed by atoms with Gasteiger partial charge in [0.15, 0.2) is 0 Å². The van der Waals surface area contributed by atoms with Crippen LogP contribution in [0.2, 0.25) is 0 Å². The van der Waals surface area contributed by atoms with Crippen LogP contribution >= 0.6 is 0 Å². The second-order valence-electron chi connectivity index (χ2n) is 1.80. The molecule has 0 aromatic rings. The SMILES string of the molecule is [2H]C([2H])(N)C([2H])([2H])CC[C@H](N)C(=O)O. The Hall–Kier alpha value is -0.610. The van der Waals surface area contributed by atoms with E-state index in [4.69, 9.17) is 22.1 Å². The van der Waals surface area contributed by atoms with Crippen molar-refractivity contribution in [1.29, 1.82) is 0 Å². The van der Waals surface area contributed by atoms with Crippen molar-refractivity contribution in [2.45, 2.75) is 25.3 Å². The largest absolute Gasteiger partial charge is 0.480 e. The molecule has 0 saturated carbocycles. The van der Waals surface area contributed by atoms with Crippen LogP contribution < -0.4 is 11.5 Å². The maximum absolute atomic E-state index is 10.3. The molecule has 10 heavy (non-hydrogen) atoms. The highest BCUT2D eigenvalue weighted by Crippen LogP contribution is 1.96. The molecule has 0 rings (SSSR count). The van der Waals surface area contributed by atoms with Gasteiger partial charge in [-0.3, -0.25) is 4.79 Å². The van der Waals surface area contributed by atoms with E-state index in [0.29, 0.717) is 0 Å². The van der Waals surface area contributed by atoms with Gasteiger partial charge in [0.1, 0.15) is 6.04 Å². The third-order valence-electron chi connectivity index (χ3n) is 1.000. The molecular weight excluding hydrogens is 132 g/mol. The Balaban J connectivity index is 4.20. The molecule has 5 N–H and O–H groups in total. The summed E-state index contributed by atoms with van der Waals surface area (Å²) in [6, 6.07) is -1.19. The summed E-state index contributed by atoms with van der Waals surface area (Å²) in [6.45, 7) is -2.49.